The molecule has 94 valence electrons. The number of halogens is 2. The Kier molecular flexibility index (Phi) is 3.43. The number of hydrogen-bond donors (Lipinski definition) is 1. The summed E-state index contributed by atoms with van der Waals surface area (Å²) >= 11 is 5.65. The van der Waals surface area contributed by atoms with Crippen molar-refractivity contribution in [2.75, 3.05) is 11.5 Å². The summed E-state index contributed by atoms with van der Waals surface area (Å²) in [5.74, 6) is -0.512. The minimum Gasteiger partial charge on any atom is -0.324 e. The molecule has 0 aliphatic carbocycles. The molecule has 1 saturated heterocycles. The second-order valence-corrected chi connectivity index (χ2v) is 7.02. The van der Waals surface area contributed by atoms with Crippen LogP contribution in [0, 0.1) is 11.7 Å². The first-order chi connectivity index (χ1) is 7.89. The van der Waals surface area contributed by atoms with Crippen LogP contribution in [-0.4, -0.2) is 19.9 Å². The van der Waals surface area contributed by atoms with Gasteiger partial charge in [-0.25, -0.2) is 12.8 Å². The average Bonchev–Trinajstić information content (AvgIpc) is 2.58. The molecule has 0 amide bonds. The average molecular weight is 278 g/mol. The number of hydrogen-bond acceptors (Lipinski definition) is 3. The van der Waals surface area contributed by atoms with E-state index < -0.39 is 21.7 Å². The fourth-order valence-electron chi connectivity index (χ4n) is 2.13. The fourth-order valence-corrected chi connectivity index (χ4v) is 4.15. The molecule has 0 bridgehead atoms. The van der Waals surface area contributed by atoms with Crippen molar-refractivity contribution in [3.63, 3.8) is 0 Å². The van der Waals surface area contributed by atoms with Crippen molar-refractivity contribution in [2.24, 2.45) is 11.7 Å². The van der Waals surface area contributed by atoms with Crippen molar-refractivity contribution in [3.8, 4) is 0 Å². The quantitative estimate of drug-likeness (QED) is 0.898. The number of benzene rings is 1. The predicted molar refractivity (Wildman–Crippen MR) is 65.1 cm³/mol. The number of sulfone groups is 1. The molecular weight excluding hydrogens is 265 g/mol. The van der Waals surface area contributed by atoms with Crippen molar-refractivity contribution in [1.82, 2.24) is 0 Å². The Morgan fingerprint density at radius 3 is 2.71 bits per heavy atom. The van der Waals surface area contributed by atoms with Crippen molar-refractivity contribution in [2.45, 2.75) is 12.5 Å². The maximum atomic E-state index is 13.6. The lowest BCUT2D eigenvalue weighted by Gasteiger charge is -2.18. The van der Waals surface area contributed by atoms with Gasteiger partial charge < -0.3 is 5.73 Å². The molecule has 2 unspecified atom stereocenters. The van der Waals surface area contributed by atoms with Crippen molar-refractivity contribution < 1.29 is 12.8 Å². The van der Waals surface area contributed by atoms with E-state index in [1.165, 1.54) is 12.1 Å². The molecule has 2 atom stereocenters. The molecule has 2 N–H and O–H groups in total. The van der Waals surface area contributed by atoms with E-state index in [0.29, 0.717) is 17.0 Å². The highest BCUT2D eigenvalue weighted by molar-refractivity contribution is 7.91. The molecule has 2 rings (SSSR count). The predicted octanol–water partition coefficient (Wildman–Crippen LogP) is 1.91. The summed E-state index contributed by atoms with van der Waals surface area (Å²) in [5.41, 5.74) is 6.25. The number of nitrogens with two attached hydrogens (primary N) is 1. The molecular formula is C11H13ClFNO2S. The zero-order valence-corrected chi connectivity index (χ0v) is 10.6. The smallest absolute Gasteiger partial charge is 0.150 e. The van der Waals surface area contributed by atoms with Crippen molar-refractivity contribution in [1.29, 1.82) is 0 Å². The maximum Gasteiger partial charge on any atom is 0.150 e. The molecule has 3 nitrogen and oxygen atoms in total. The van der Waals surface area contributed by atoms with E-state index in [9.17, 15) is 12.8 Å². The molecule has 1 heterocycles. The number of rotatable bonds is 2. The molecule has 6 heteroatoms. The third-order valence-electron chi connectivity index (χ3n) is 3.10. The SMILES string of the molecule is NC(c1ccc(Cl)cc1F)C1CCS(=O)(=O)C1. The van der Waals surface area contributed by atoms with Crippen LogP contribution in [0.15, 0.2) is 18.2 Å². The molecule has 0 saturated carbocycles. The Morgan fingerprint density at radius 2 is 2.18 bits per heavy atom. The van der Waals surface area contributed by atoms with Gasteiger partial charge in [0.05, 0.1) is 11.5 Å². The van der Waals surface area contributed by atoms with Gasteiger partial charge >= 0.3 is 0 Å². The molecule has 1 fully saturated rings. The van der Waals surface area contributed by atoms with Crippen LogP contribution in [0.1, 0.15) is 18.0 Å². The summed E-state index contributed by atoms with van der Waals surface area (Å²) in [6.45, 7) is 0. The molecule has 0 aromatic heterocycles. The second kappa shape index (κ2) is 4.55. The van der Waals surface area contributed by atoms with E-state index in [1.807, 2.05) is 0 Å². The minimum absolute atomic E-state index is 0.0379. The first kappa shape index (κ1) is 12.8. The van der Waals surface area contributed by atoms with Gasteiger partial charge in [-0.1, -0.05) is 17.7 Å². The normalized spacial score (nSPS) is 24.8. The van der Waals surface area contributed by atoms with Crippen LogP contribution in [0.2, 0.25) is 5.02 Å². The van der Waals surface area contributed by atoms with Gasteiger partial charge in [-0.2, -0.15) is 0 Å². The van der Waals surface area contributed by atoms with E-state index in [0.717, 1.165) is 0 Å². The molecule has 17 heavy (non-hydrogen) atoms. The Bertz CT molecular complexity index is 532. The standard InChI is InChI=1S/C11H13ClFNO2S/c12-8-1-2-9(10(13)5-8)11(14)7-3-4-17(15,16)6-7/h1-2,5,7,11H,3-4,6,14H2. The summed E-state index contributed by atoms with van der Waals surface area (Å²) in [7, 11) is -3.00. The third kappa shape index (κ3) is 2.78. The van der Waals surface area contributed by atoms with Gasteiger partial charge in [-0.3, -0.25) is 0 Å². The van der Waals surface area contributed by atoms with E-state index in [4.69, 9.17) is 17.3 Å². The Morgan fingerprint density at radius 1 is 1.47 bits per heavy atom. The summed E-state index contributed by atoms with van der Waals surface area (Å²) in [6, 6.07) is 3.68. The van der Waals surface area contributed by atoms with Crippen LogP contribution in [0.3, 0.4) is 0 Å². The lowest BCUT2D eigenvalue weighted by Crippen LogP contribution is -2.23. The van der Waals surface area contributed by atoms with Gasteiger partial charge in [-0.05, 0) is 24.5 Å². The lowest BCUT2D eigenvalue weighted by atomic mass is 9.93. The van der Waals surface area contributed by atoms with Crippen LogP contribution in [-0.2, 0) is 9.84 Å². The molecule has 1 aliphatic rings. The Hall–Kier alpha value is -0.650. The van der Waals surface area contributed by atoms with Gasteiger partial charge in [0.15, 0.2) is 9.84 Å². The first-order valence-electron chi connectivity index (χ1n) is 5.30. The molecule has 1 aliphatic heterocycles. The largest absolute Gasteiger partial charge is 0.324 e. The van der Waals surface area contributed by atoms with Gasteiger partial charge in [0, 0.05) is 16.6 Å². The molecule has 1 aromatic rings. The van der Waals surface area contributed by atoms with Crippen LogP contribution in [0.4, 0.5) is 4.39 Å². The summed E-state index contributed by atoms with van der Waals surface area (Å²) in [4.78, 5) is 0. The lowest BCUT2D eigenvalue weighted by molar-refractivity contribution is 0.459. The summed E-state index contributed by atoms with van der Waals surface area (Å²) in [6.07, 6.45) is 0.492. The molecule has 1 aromatic carbocycles. The van der Waals surface area contributed by atoms with Crippen LogP contribution in [0.25, 0.3) is 0 Å². The van der Waals surface area contributed by atoms with E-state index in [1.54, 1.807) is 6.07 Å². The maximum absolute atomic E-state index is 13.6. The first-order valence-corrected chi connectivity index (χ1v) is 7.50. The highest BCUT2D eigenvalue weighted by atomic mass is 35.5. The van der Waals surface area contributed by atoms with Crippen LogP contribution < -0.4 is 5.73 Å². The van der Waals surface area contributed by atoms with Gasteiger partial charge in [0.25, 0.3) is 0 Å². The van der Waals surface area contributed by atoms with E-state index in [2.05, 4.69) is 0 Å². The monoisotopic (exact) mass is 277 g/mol. The Balaban J connectivity index is 2.23. The highest BCUT2D eigenvalue weighted by Gasteiger charge is 2.33. The van der Waals surface area contributed by atoms with Gasteiger partial charge in [0.1, 0.15) is 5.82 Å². The van der Waals surface area contributed by atoms with Crippen LogP contribution >= 0.6 is 11.6 Å². The topological polar surface area (TPSA) is 60.2 Å². The zero-order chi connectivity index (χ0) is 12.6. The van der Waals surface area contributed by atoms with E-state index >= 15 is 0 Å². The summed E-state index contributed by atoms with van der Waals surface area (Å²) in [5, 5.41) is 0.303. The minimum atomic E-state index is -3.00. The zero-order valence-electron chi connectivity index (χ0n) is 9.07. The Labute approximate surface area is 105 Å². The van der Waals surface area contributed by atoms with Gasteiger partial charge in [-0.15, -0.1) is 0 Å². The summed E-state index contributed by atoms with van der Waals surface area (Å²) < 4.78 is 36.3. The van der Waals surface area contributed by atoms with E-state index in [-0.39, 0.29) is 17.4 Å². The third-order valence-corrected chi connectivity index (χ3v) is 5.13. The molecule has 0 radical (unpaired) electrons. The molecule has 0 spiro atoms. The van der Waals surface area contributed by atoms with Crippen LogP contribution in [0.5, 0.6) is 0 Å². The van der Waals surface area contributed by atoms with Crippen molar-refractivity contribution in [3.05, 3.63) is 34.6 Å². The van der Waals surface area contributed by atoms with Gasteiger partial charge in [0.2, 0.25) is 0 Å². The highest BCUT2D eigenvalue weighted by Crippen LogP contribution is 2.31. The van der Waals surface area contributed by atoms with Crippen molar-refractivity contribution >= 4 is 21.4 Å². The fraction of sp³-hybridized carbons (Fsp3) is 0.455. The second-order valence-electron chi connectivity index (χ2n) is 4.35.